The Balaban J connectivity index is 1.62. The number of H-pyrrole nitrogens is 2. The summed E-state index contributed by atoms with van der Waals surface area (Å²) in [5.74, 6) is -3.34. The van der Waals surface area contributed by atoms with Gasteiger partial charge in [-0.2, -0.15) is 0 Å². The first-order valence-electron chi connectivity index (χ1n) is 12.8. The van der Waals surface area contributed by atoms with E-state index in [-0.39, 0.29) is 12.8 Å². The van der Waals surface area contributed by atoms with Crippen LogP contribution in [0.5, 0.6) is 0 Å². The van der Waals surface area contributed by atoms with E-state index in [0.29, 0.717) is 0 Å². The predicted octanol–water partition coefficient (Wildman–Crippen LogP) is 0.313. The van der Waals surface area contributed by atoms with Gasteiger partial charge in [0.2, 0.25) is 17.7 Å². The second-order valence-corrected chi connectivity index (χ2v) is 9.61. The van der Waals surface area contributed by atoms with Gasteiger partial charge in [0.25, 0.3) is 0 Å². The van der Waals surface area contributed by atoms with E-state index in [1.807, 2.05) is 48.5 Å². The van der Waals surface area contributed by atoms with E-state index < -0.39 is 54.5 Å². The molecular formula is C28H32N6O6. The summed E-state index contributed by atoms with van der Waals surface area (Å²) >= 11 is 0. The highest BCUT2D eigenvalue weighted by atomic mass is 16.4. The summed E-state index contributed by atoms with van der Waals surface area (Å²) in [7, 11) is 0. The van der Waals surface area contributed by atoms with Crippen molar-refractivity contribution in [3.05, 3.63) is 72.1 Å². The fourth-order valence-corrected chi connectivity index (χ4v) is 4.47. The van der Waals surface area contributed by atoms with Crippen LogP contribution < -0.4 is 21.7 Å². The lowest BCUT2D eigenvalue weighted by molar-refractivity contribution is -0.141. The van der Waals surface area contributed by atoms with Crippen molar-refractivity contribution < 1.29 is 29.4 Å². The third kappa shape index (κ3) is 6.47. The number of hydrogen-bond acceptors (Lipinski definition) is 6. The molecule has 0 aliphatic heterocycles. The van der Waals surface area contributed by atoms with Crippen molar-refractivity contribution >= 4 is 45.5 Å². The molecule has 4 atom stereocenters. The number of fused-ring (bicyclic) bond motifs is 2. The molecule has 9 N–H and O–H groups in total. The minimum Gasteiger partial charge on any atom is -0.480 e. The molecule has 0 aliphatic rings. The Hall–Kier alpha value is -4.68. The maximum atomic E-state index is 13.6. The van der Waals surface area contributed by atoms with Crippen molar-refractivity contribution in [1.29, 1.82) is 0 Å². The fourth-order valence-electron chi connectivity index (χ4n) is 4.47. The van der Waals surface area contributed by atoms with Crippen LogP contribution in [0.1, 0.15) is 18.1 Å². The number of aliphatic hydroxyl groups excluding tert-OH is 1. The Labute approximate surface area is 229 Å². The predicted molar refractivity (Wildman–Crippen MR) is 148 cm³/mol. The molecule has 0 aliphatic carbocycles. The van der Waals surface area contributed by atoms with Gasteiger partial charge >= 0.3 is 5.97 Å². The Morgan fingerprint density at radius 1 is 0.775 bits per heavy atom. The third-order valence-corrected chi connectivity index (χ3v) is 6.73. The monoisotopic (exact) mass is 548 g/mol. The number of amides is 3. The molecule has 2 heterocycles. The number of carbonyl (C=O) groups excluding carboxylic acids is 3. The number of aliphatic carboxylic acids is 1. The Morgan fingerprint density at radius 3 is 1.70 bits per heavy atom. The molecule has 4 unspecified atom stereocenters. The molecule has 0 saturated heterocycles. The highest BCUT2D eigenvalue weighted by Gasteiger charge is 2.30. The fraction of sp³-hybridized carbons (Fsp3) is 0.286. The lowest BCUT2D eigenvalue weighted by Gasteiger charge is -2.24. The van der Waals surface area contributed by atoms with Crippen molar-refractivity contribution in [1.82, 2.24) is 25.9 Å². The highest BCUT2D eigenvalue weighted by Crippen LogP contribution is 2.21. The van der Waals surface area contributed by atoms with Gasteiger partial charge in [-0.3, -0.25) is 19.2 Å². The molecule has 12 heteroatoms. The molecule has 40 heavy (non-hydrogen) atoms. The van der Waals surface area contributed by atoms with Gasteiger partial charge in [0.05, 0.1) is 6.61 Å². The van der Waals surface area contributed by atoms with Crippen molar-refractivity contribution in [3.8, 4) is 0 Å². The van der Waals surface area contributed by atoms with Crippen LogP contribution in [0.4, 0.5) is 0 Å². The number of aliphatic hydroxyl groups is 1. The molecule has 0 fully saturated rings. The number of rotatable bonds is 12. The molecular weight excluding hydrogens is 516 g/mol. The minimum atomic E-state index is -1.25. The quantitative estimate of drug-likeness (QED) is 0.124. The van der Waals surface area contributed by atoms with Crippen LogP contribution in [-0.4, -0.2) is 74.6 Å². The highest BCUT2D eigenvalue weighted by molar-refractivity contribution is 5.95. The van der Waals surface area contributed by atoms with E-state index in [4.69, 9.17) is 5.73 Å². The van der Waals surface area contributed by atoms with Gasteiger partial charge in [-0.05, 0) is 30.2 Å². The molecule has 0 radical (unpaired) electrons. The van der Waals surface area contributed by atoms with Crippen molar-refractivity contribution in [3.63, 3.8) is 0 Å². The number of hydrogen-bond donors (Lipinski definition) is 8. The summed E-state index contributed by atoms with van der Waals surface area (Å²) < 4.78 is 0. The number of para-hydroxylation sites is 2. The van der Waals surface area contributed by atoms with E-state index in [1.54, 1.807) is 12.4 Å². The zero-order valence-electron chi connectivity index (χ0n) is 21.8. The average Bonchev–Trinajstić information content (AvgIpc) is 3.55. The zero-order valence-corrected chi connectivity index (χ0v) is 21.8. The number of benzene rings is 2. The number of nitrogens with one attached hydrogen (secondary N) is 5. The molecule has 210 valence electrons. The summed E-state index contributed by atoms with van der Waals surface area (Å²) in [6.45, 7) is 0.701. The van der Waals surface area contributed by atoms with E-state index in [0.717, 1.165) is 32.9 Å². The number of carboxylic acid groups (broad SMARTS) is 1. The second-order valence-electron chi connectivity index (χ2n) is 9.61. The normalized spacial score (nSPS) is 14.3. The zero-order chi connectivity index (χ0) is 28.8. The van der Waals surface area contributed by atoms with Gasteiger partial charge in [0.15, 0.2) is 0 Å². The number of carbonyl (C=O) groups is 4. The van der Waals surface area contributed by atoms with E-state index >= 15 is 0 Å². The molecule has 4 aromatic rings. The summed E-state index contributed by atoms with van der Waals surface area (Å²) in [6.07, 6.45) is 3.57. The van der Waals surface area contributed by atoms with E-state index in [1.165, 1.54) is 6.92 Å². The van der Waals surface area contributed by atoms with Gasteiger partial charge in [-0.15, -0.1) is 0 Å². The first-order chi connectivity index (χ1) is 19.2. The lowest BCUT2D eigenvalue weighted by atomic mass is 10.0. The molecule has 4 rings (SSSR count). The number of aromatic amines is 2. The number of carboxylic acids is 1. The Morgan fingerprint density at radius 2 is 1.23 bits per heavy atom. The molecule has 0 bridgehead atoms. The smallest absolute Gasteiger partial charge is 0.325 e. The molecule has 12 nitrogen and oxygen atoms in total. The molecule has 3 amide bonds. The maximum absolute atomic E-state index is 13.6. The van der Waals surface area contributed by atoms with E-state index in [2.05, 4.69) is 25.9 Å². The summed E-state index contributed by atoms with van der Waals surface area (Å²) in [4.78, 5) is 57.1. The largest absolute Gasteiger partial charge is 0.480 e. The SMILES string of the molecule is CC(NC(=O)C(Cc1c[nH]c2ccccc12)NC(=O)C(Cc1c[nH]c2ccccc12)NC(=O)C(N)CO)C(=O)O. The van der Waals surface area contributed by atoms with Gasteiger partial charge in [-0.25, -0.2) is 0 Å². The molecule has 2 aromatic carbocycles. The summed E-state index contributed by atoms with van der Waals surface area (Å²) in [5.41, 5.74) is 8.84. The lowest BCUT2D eigenvalue weighted by Crippen LogP contribution is -2.58. The standard InChI is InChI=1S/C28H32N6O6/c1-15(28(39)40)32-26(37)23(10-16-12-30-21-8-4-2-6-18(16)21)34-27(38)24(33-25(36)20(29)14-35)11-17-13-31-22-9-5-3-7-19(17)22/h2-9,12-13,15,20,23-24,30-31,35H,10-11,14,29H2,1H3,(H,32,37)(H,33,36)(H,34,38)(H,39,40). The number of nitrogens with two attached hydrogens (primary N) is 1. The van der Waals surface area contributed by atoms with Gasteiger partial charge in [0.1, 0.15) is 24.2 Å². The van der Waals surface area contributed by atoms with Crippen LogP contribution in [0.2, 0.25) is 0 Å². The van der Waals surface area contributed by atoms with Crippen LogP contribution in [0.3, 0.4) is 0 Å². The molecule has 0 spiro atoms. The summed E-state index contributed by atoms with van der Waals surface area (Å²) in [6, 6.07) is 10.1. The average molecular weight is 549 g/mol. The Bertz CT molecular complexity index is 1530. The second kappa shape index (κ2) is 12.5. The third-order valence-electron chi connectivity index (χ3n) is 6.73. The topological polar surface area (TPSA) is 202 Å². The van der Waals surface area contributed by atoms with Crippen molar-refractivity contribution in [2.24, 2.45) is 5.73 Å². The van der Waals surface area contributed by atoms with E-state index in [9.17, 15) is 29.4 Å². The maximum Gasteiger partial charge on any atom is 0.325 e. The first-order valence-corrected chi connectivity index (χ1v) is 12.8. The molecule has 2 aromatic heterocycles. The van der Waals surface area contributed by atoms with Crippen LogP contribution in [0.15, 0.2) is 60.9 Å². The number of aromatic nitrogens is 2. The van der Waals surface area contributed by atoms with Gasteiger partial charge in [0, 0.05) is 47.0 Å². The first kappa shape index (κ1) is 28.3. The van der Waals surface area contributed by atoms with Crippen LogP contribution in [0.25, 0.3) is 21.8 Å². The van der Waals surface area contributed by atoms with Crippen LogP contribution in [0, 0.1) is 0 Å². The van der Waals surface area contributed by atoms with Crippen LogP contribution in [-0.2, 0) is 32.0 Å². The summed E-state index contributed by atoms with van der Waals surface area (Å²) in [5, 5.41) is 28.0. The Kier molecular flexibility index (Phi) is 8.82. The van der Waals surface area contributed by atoms with Crippen LogP contribution >= 0.6 is 0 Å². The van der Waals surface area contributed by atoms with Crippen molar-refractivity contribution in [2.75, 3.05) is 6.61 Å². The van der Waals surface area contributed by atoms with Gasteiger partial charge in [-0.1, -0.05) is 36.4 Å². The van der Waals surface area contributed by atoms with Crippen molar-refractivity contribution in [2.45, 2.75) is 43.9 Å². The van der Waals surface area contributed by atoms with Gasteiger partial charge < -0.3 is 41.9 Å². The minimum absolute atomic E-state index is 0.0534. The molecule has 0 saturated carbocycles.